The third kappa shape index (κ3) is 2.70. The van der Waals surface area contributed by atoms with Crippen LogP contribution in [0.25, 0.3) is 0 Å². The highest BCUT2D eigenvalue weighted by molar-refractivity contribution is 5.45. The fourth-order valence-electron chi connectivity index (χ4n) is 2.06. The van der Waals surface area contributed by atoms with Crippen LogP contribution in [-0.4, -0.2) is 37.4 Å². The van der Waals surface area contributed by atoms with Crippen molar-refractivity contribution in [1.82, 2.24) is 5.32 Å². The minimum atomic E-state index is -0.167. The first-order valence-electron chi connectivity index (χ1n) is 5.43. The molecule has 0 aliphatic carbocycles. The largest absolute Gasteiger partial charge is 0.392 e. The van der Waals surface area contributed by atoms with E-state index in [9.17, 15) is 5.11 Å². The summed E-state index contributed by atoms with van der Waals surface area (Å²) in [5, 5.41) is 12.7. The normalized spacial score (nSPS) is 25.5. The van der Waals surface area contributed by atoms with Gasteiger partial charge in [-0.2, -0.15) is 0 Å². The van der Waals surface area contributed by atoms with Gasteiger partial charge in [0, 0.05) is 31.9 Å². The predicted octanol–water partition coefficient (Wildman–Crippen LogP) is 0.846. The van der Waals surface area contributed by atoms with Crippen LogP contribution in [0.15, 0.2) is 30.3 Å². The molecular weight excluding hydrogens is 188 g/mol. The molecule has 1 fully saturated rings. The van der Waals surface area contributed by atoms with Crippen molar-refractivity contribution in [1.29, 1.82) is 0 Å². The average Bonchev–Trinajstić information content (AvgIpc) is 2.65. The SMILES string of the molecule is CN(CC1CC(O)CN1)c1ccccc1. The van der Waals surface area contributed by atoms with Crippen molar-refractivity contribution < 1.29 is 5.11 Å². The minimum absolute atomic E-state index is 0.167. The molecule has 1 aliphatic heterocycles. The number of para-hydroxylation sites is 1. The van der Waals surface area contributed by atoms with Crippen LogP contribution in [0.2, 0.25) is 0 Å². The van der Waals surface area contributed by atoms with Crippen LogP contribution >= 0.6 is 0 Å². The summed E-state index contributed by atoms with van der Waals surface area (Å²) in [4.78, 5) is 2.22. The second-order valence-electron chi connectivity index (χ2n) is 4.21. The number of likely N-dealkylation sites (N-methyl/N-ethyl adjacent to an activating group) is 1. The first-order valence-corrected chi connectivity index (χ1v) is 5.43. The van der Waals surface area contributed by atoms with E-state index in [0.717, 1.165) is 19.5 Å². The summed E-state index contributed by atoms with van der Waals surface area (Å²) in [5.41, 5.74) is 1.22. The molecule has 2 atom stereocenters. The summed E-state index contributed by atoms with van der Waals surface area (Å²) < 4.78 is 0. The van der Waals surface area contributed by atoms with E-state index in [0.29, 0.717) is 6.04 Å². The summed E-state index contributed by atoms with van der Waals surface area (Å²) in [6, 6.07) is 10.7. The molecule has 3 nitrogen and oxygen atoms in total. The first-order chi connectivity index (χ1) is 7.25. The number of β-amino-alcohol motifs (C(OH)–C–C–N with tert-alkyl or cyclic N) is 1. The maximum atomic E-state index is 9.40. The quantitative estimate of drug-likeness (QED) is 0.769. The standard InChI is InChI=1S/C12H18N2O/c1-14(11-5-3-2-4-6-11)9-10-7-12(15)8-13-10/h2-6,10,12-13,15H,7-9H2,1H3. The van der Waals surface area contributed by atoms with E-state index in [-0.39, 0.29) is 6.10 Å². The number of aliphatic hydroxyl groups excluding tert-OH is 1. The van der Waals surface area contributed by atoms with Crippen LogP contribution in [-0.2, 0) is 0 Å². The molecule has 3 heteroatoms. The molecule has 2 rings (SSSR count). The Balaban J connectivity index is 1.90. The van der Waals surface area contributed by atoms with Crippen molar-refractivity contribution in [2.45, 2.75) is 18.6 Å². The number of nitrogens with zero attached hydrogens (tertiary/aromatic N) is 1. The van der Waals surface area contributed by atoms with Gasteiger partial charge >= 0.3 is 0 Å². The zero-order valence-corrected chi connectivity index (χ0v) is 9.06. The molecule has 0 saturated carbocycles. The van der Waals surface area contributed by atoms with Crippen LogP contribution in [0.4, 0.5) is 5.69 Å². The highest BCUT2D eigenvalue weighted by Crippen LogP contribution is 2.14. The van der Waals surface area contributed by atoms with Crippen LogP contribution in [0.5, 0.6) is 0 Å². The van der Waals surface area contributed by atoms with Gasteiger partial charge in [0.25, 0.3) is 0 Å². The molecule has 1 aliphatic rings. The Kier molecular flexibility index (Phi) is 3.23. The van der Waals surface area contributed by atoms with E-state index in [1.165, 1.54) is 5.69 Å². The fraction of sp³-hybridized carbons (Fsp3) is 0.500. The maximum Gasteiger partial charge on any atom is 0.0680 e. The molecule has 82 valence electrons. The lowest BCUT2D eigenvalue weighted by Crippen LogP contribution is -2.35. The smallest absolute Gasteiger partial charge is 0.0680 e. The van der Waals surface area contributed by atoms with Crippen LogP contribution in [0.1, 0.15) is 6.42 Å². The van der Waals surface area contributed by atoms with Crippen molar-refractivity contribution in [2.24, 2.45) is 0 Å². The Labute approximate surface area is 90.7 Å². The van der Waals surface area contributed by atoms with Gasteiger partial charge in [-0.1, -0.05) is 18.2 Å². The lowest BCUT2D eigenvalue weighted by Gasteiger charge is -2.23. The zero-order chi connectivity index (χ0) is 10.7. The molecule has 1 aromatic carbocycles. The predicted molar refractivity (Wildman–Crippen MR) is 62.1 cm³/mol. The van der Waals surface area contributed by atoms with Gasteiger partial charge in [-0.3, -0.25) is 0 Å². The third-order valence-corrected chi connectivity index (χ3v) is 2.89. The van der Waals surface area contributed by atoms with E-state index in [2.05, 4.69) is 29.4 Å². The highest BCUT2D eigenvalue weighted by Gasteiger charge is 2.22. The van der Waals surface area contributed by atoms with Crippen molar-refractivity contribution in [3.8, 4) is 0 Å². The zero-order valence-electron chi connectivity index (χ0n) is 9.06. The van der Waals surface area contributed by atoms with E-state index in [1.54, 1.807) is 0 Å². The number of anilines is 1. The van der Waals surface area contributed by atoms with Gasteiger partial charge in [-0.25, -0.2) is 0 Å². The Morgan fingerprint density at radius 3 is 2.73 bits per heavy atom. The molecule has 1 saturated heterocycles. The monoisotopic (exact) mass is 206 g/mol. The molecule has 1 aromatic rings. The topological polar surface area (TPSA) is 35.5 Å². The molecule has 0 aromatic heterocycles. The van der Waals surface area contributed by atoms with Crippen molar-refractivity contribution in [2.75, 3.05) is 25.0 Å². The molecular formula is C12H18N2O. The highest BCUT2D eigenvalue weighted by atomic mass is 16.3. The molecule has 15 heavy (non-hydrogen) atoms. The second kappa shape index (κ2) is 4.64. The summed E-state index contributed by atoms with van der Waals surface area (Å²) in [6.07, 6.45) is 0.691. The van der Waals surface area contributed by atoms with Crippen LogP contribution in [0.3, 0.4) is 0 Å². The Hall–Kier alpha value is -1.06. The number of aliphatic hydroxyl groups is 1. The molecule has 2 N–H and O–H groups in total. The Bertz CT molecular complexity index is 302. The third-order valence-electron chi connectivity index (χ3n) is 2.89. The van der Waals surface area contributed by atoms with Gasteiger partial charge in [-0.05, 0) is 18.6 Å². The lowest BCUT2D eigenvalue weighted by molar-refractivity contribution is 0.193. The summed E-state index contributed by atoms with van der Waals surface area (Å²) in [7, 11) is 2.09. The second-order valence-corrected chi connectivity index (χ2v) is 4.21. The van der Waals surface area contributed by atoms with Crippen LogP contribution in [0, 0.1) is 0 Å². The summed E-state index contributed by atoms with van der Waals surface area (Å²) >= 11 is 0. The van der Waals surface area contributed by atoms with Gasteiger partial charge in [0.05, 0.1) is 6.10 Å². The Morgan fingerprint density at radius 1 is 1.40 bits per heavy atom. The van der Waals surface area contributed by atoms with Gasteiger partial charge in [0.2, 0.25) is 0 Å². The molecule has 0 amide bonds. The van der Waals surface area contributed by atoms with E-state index >= 15 is 0 Å². The van der Waals surface area contributed by atoms with Gasteiger partial charge in [0.1, 0.15) is 0 Å². The van der Waals surface area contributed by atoms with E-state index in [1.807, 2.05) is 18.2 Å². The number of rotatable bonds is 3. The van der Waals surface area contributed by atoms with Crippen molar-refractivity contribution in [3.63, 3.8) is 0 Å². The summed E-state index contributed by atoms with van der Waals surface area (Å²) in [6.45, 7) is 1.67. The van der Waals surface area contributed by atoms with E-state index in [4.69, 9.17) is 0 Å². The fourth-order valence-corrected chi connectivity index (χ4v) is 2.06. The molecule has 2 unspecified atom stereocenters. The lowest BCUT2D eigenvalue weighted by atomic mass is 10.2. The van der Waals surface area contributed by atoms with Crippen molar-refractivity contribution in [3.05, 3.63) is 30.3 Å². The minimum Gasteiger partial charge on any atom is -0.392 e. The average molecular weight is 206 g/mol. The van der Waals surface area contributed by atoms with Gasteiger partial charge < -0.3 is 15.3 Å². The Morgan fingerprint density at radius 2 is 2.13 bits per heavy atom. The van der Waals surface area contributed by atoms with Gasteiger partial charge in [-0.15, -0.1) is 0 Å². The van der Waals surface area contributed by atoms with Crippen LogP contribution < -0.4 is 10.2 Å². The van der Waals surface area contributed by atoms with E-state index < -0.39 is 0 Å². The molecule has 0 spiro atoms. The first kappa shape index (κ1) is 10.5. The number of benzene rings is 1. The number of hydrogen-bond donors (Lipinski definition) is 2. The maximum absolute atomic E-state index is 9.40. The van der Waals surface area contributed by atoms with Crippen molar-refractivity contribution >= 4 is 5.69 Å². The molecule has 0 bridgehead atoms. The molecule has 0 radical (unpaired) electrons. The number of hydrogen-bond acceptors (Lipinski definition) is 3. The number of nitrogens with one attached hydrogen (secondary N) is 1. The van der Waals surface area contributed by atoms with Gasteiger partial charge in [0.15, 0.2) is 0 Å². The molecule has 1 heterocycles. The summed E-state index contributed by atoms with van der Waals surface area (Å²) in [5.74, 6) is 0.